The van der Waals surface area contributed by atoms with Crippen LogP contribution in [0.2, 0.25) is 0 Å². The molecule has 0 radical (unpaired) electrons. The van der Waals surface area contributed by atoms with E-state index in [-0.39, 0.29) is 25.0 Å². The van der Waals surface area contributed by atoms with E-state index in [0.29, 0.717) is 17.8 Å². The van der Waals surface area contributed by atoms with Gasteiger partial charge in [0.2, 0.25) is 5.91 Å². The summed E-state index contributed by atoms with van der Waals surface area (Å²) in [6.07, 6.45) is 2.33. The topological polar surface area (TPSA) is 83.8 Å². The van der Waals surface area contributed by atoms with Crippen molar-refractivity contribution < 1.29 is 23.1 Å². The van der Waals surface area contributed by atoms with Crippen LogP contribution in [0.1, 0.15) is 31.0 Å². The highest BCUT2D eigenvalue weighted by Gasteiger charge is 2.32. The number of halogens is 1. The molecule has 2 unspecified atom stereocenters. The van der Waals surface area contributed by atoms with E-state index in [4.69, 9.17) is 9.15 Å². The minimum absolute atomic E-state index is 0.118. The van der Waals surface area contributed by atoms with Crippen LogP contribution in [0.15, 0.2) is 65.5 Å². The fourth-order valence-electron chi connectivity index (χ4n) is 3.74. The predicted octanol–water partition coefficient (Wildman–Crippen LogP) is 4.40. The van der Waals surface area contributed by atoms with Crippen LogP contribution in [0.4, 0.5) is 14.9 Å². The quantitative estimate of drug-likeness (QED) is 0.531. The highest BCUT2D eigenvalue weighted by molar-refractivity contribution is 5.90. The predicted molar refractivity (Wildman–Crippen MR) is 122 cm³/mol. The molecule has 7 nitrogen and oxygen atoms in total. The Labute approximate surface area is 191 Å². The molecule has 1 aromatic heterocycles. The molecule has 172 valence electrons. The number of hydrogen-bond donors (Lipinski definition) is 2. The molecule has 0 bridgehead atoms. The Morgan fingerprint density at radius 3 is 2.67 bits per heavy atom. The summed E-state index contributed by atoms with van der Waals surface area (Å²) in [6.45, 7) is 4.63. The molecule has 2 amide bonds. The van der Waals surface area contributed by atoms with E-state index in [0.717, 1.165) is 16.7 Å². The van der Waals surface area contributed by atoms with Crippen molar-refractivity contribution in [2.45, 2.75) is 32.5 Å². The standard InChI is InChI=1S/C25H26FN3O4/c1-16(27-12-18-9-10-32-15-18)19-3-5-20(6-4-19)23-8-7-21(11-24(23)26)29-14-22(33-25(29)31)13-28-17(2)30/h3-11,15-16,22,27H,12-14H2,1-2H3,(H,28,30). The van der Waals surface area contributed by atoms with Crippen LogP contribution in [0, 0.1) is 5.82 Å². The summed E-state index contributed by atoms with van der Waals surface area (Å²) in [5, 5.41) is 6.05. The van der Waals surface area contributed by atoms with Gasteiger partial charge in [-0.05, 0) is 42.3 Å². The van der Waals surface area contributed by atoms with Crippen molar-refractivity contribution in [3.63, 3.8) is 0 Å². The molecule has 33 heavy (non-hydrogen) atoms. The number of carbonyl (C=O) groups is 2. The Morgan fingerprint density at radius 2 is 2.00 bits per heavy atom. The summed E-state index contributed by atoms with van der Waals surface area (Å²) < 4.78 is 25.3. The molecule has 1 saturated heterocycles. The molecular weight excluding hydrogens is 425 g/mol. The fourth-order valence-corrected chi connectivity index (χ4v) is 3.74. The van der Waals surface area contributed by atoms with Gasteiger partial charge >= 0.3 is 6.09 Å². The number of amides is 2. The van der Waals surface area contributed by atoms with Crippen LogP contribution in [0.25, 0.3) is 11.1 Å². The number of anilines is 1. The average molecular weight is 451 g/mol. The molecular formula is C25H26FN3O4. The van der Waals surface area contributed by atoms with Gasteiger partial charge in [-0.2, -0.15) is 0 Å². The molecule has 0 aliphatic carbocycles. The largest absolute Gasteiger partial charge is 0.472 e. The normalized spacial score (nSPS) is 16.5. The SMILES string of the molecule is CC(=O)NCC1CN(c2ccc(-c3ccc(C(C)NCc4ccoc4)cc3)c(F)c2)C(=O)O1. The third-order valence-electron chi connectivity index (χ3n) is 5.63. The number of carbonyl (C=O) groups excluding carboxylic acids is 2. The molecule has 8 heteroatoms. The van der Waals surface area contributed by atoms with E-state index in [2.05, 4.69) is 17.6 Å². The van der Waals surface area contributed by atoms with Crippen LogP contribution in [-0.4, -0.2) is 31.2 Å². The summed E-state index contributed by atoms with van der Waals surface area (Å²) in [4.78, 5) is 24.6. The minimum atomic E-state index is -0.557. The number of hydrogen-bond acceptors (Lipinski definition) is 5. The molecule has 2 N–H and O–H groups in total. The Balaban J connectivity index is 1.41. The second-order valence-corrected chi connectivity index (χ2v) is 8.07. The van der Waals surface area contributed by atoms with Crippen LogP contribution >= 0.6 is 0 Å². The molecule has 2 aromatic carbocycles. The first kappa shape index (κ1) is 22.5. The third kappa shape index (κ3) is 5.40. The van der Waals surface area contributed by atoms with Gasteiger partial charge in [0.05, 0.1) is 31.3 Å². The summed E-state index contributed by atoms with van der Waals surface area (Å²) >= 11 is 0. The number of benzene rings is 2. The Morgan fingerprint density at radius 1 is 1.21 bits per heavy atom. The van der Waals surface area contributed by atoms with Crippen LogP contribution < -0.4 is 15.5 Å². The molecule has 3 aromatic rings. The van der Waals surface area contributed by atoms with E-state index in [1.807, 2.05) is 30.3 Å². The van der Waals surface area contributed by atoms with Crippen LogP contribution in [0.5, 0.6) is 0 Å². The van der Waals surface area contributed by atoms with E-state index < -0.39 is 18.0 Å². The molecule has 4 rings (SSSR count). The number of rotatable bonds is 8. The average Bonchev–Trinajstić information content (AvgIpc) is 3.45. The summed E-state index contributed by atoms with van der Waals surface area (Å²) in [7, 11) is 0. The van der Waals surface area contributed by atoms with E-state index in [1.54, 1.807) is 24.7 Å². The lowest BCUT2D eigenvalue weighted by Crippen LogP contribution is -2.33. The molecule has 0 saturated carbocycles. The van der Waals surface area contributed by atoms with Crippen molar-refractivity contribution in [1.82, 2.24) is 10.6 Å². The number of furan rings is 1. The zero-order valence-electron chi connectivity index (χ0n) is 18.5. The highest BCUT2D eigenvalue weighted by Crippen LogP contribution is 2.30. The van der Waals surface area contributed by atoms with Gasteiger partial charge in [-0.15, -0.1) is 0 Å². The van der Waals surface area contributed by atoms with Crippen molar-refractivity contribution in [3.05, 3.63) is 78.0 Å². The Hall–Kier alpha value is -3.65. The third-order valence-corrected chi connectivity index (χ3v) is 5.63. The van der Waals surface area contributed by atoms with E-state index >= 15 is 0 Å². The fraction of sp³-hybridized carbons (Fsp3) is 0.280. The van der Waals surface area contributed by atoms with E-state index in [9.17, 15) is 14.0 Å². The molecule has 2 atom stereocenters. The van der Waals surface area contributed by atoms with Gasteiger partial charge in [0.1, 0.15) is 11.9 Å². The van der Waals surface area contributed by atoms with Crippen molar-refractivity contribution in [2.24, 2.45) is 0 Å². The van der Waals surface area contributed by atoms with E-state index in [1.165, 1.54) is 17.9 Å². The van der Waals surface area contributed by atoms with Gasteiger partial charge in [0.25, 0.3) is 0 Å². The Bertz CT molecular complexity index is 1120. The van der Waals surface area contributed by atoms with Gasteiger partial charge in [-0.3, -0.25) is 9.69 Å². The van der Waals surface area contributed by atoms with Crippen LogP contribution in [-0.2, 0) is 16.1 Å². The van der Waals surface area contributed by atoms with Gasteiger partial charge in [-0.25, -0.2) is 9.18 Å². The first-order valence-electron chi connectivity index (χ1n) is 10.8. The lowest BCUT2D eigenvalue weighted by molar-refractivity contribution is -0.119. The number of nitrogens with one attached hydrogen (secondary N) is 2. The van der Waals surface area contributed by atoms with Crippen molar-refractivity contribution in [2.75, 3.05) is 18.0 Å². The summed E-state index contributed by atoms with van der Waals surface area (Å²) in [6, 6.07) is 14.4. The lowest BCUT2D eigenvalue weighted by Gasteiger charge is -2.16. The summed E-state index contributed by atoms with van der Waals surface area (Å²) in [5.74, 6) is -0.626. The van der Waals surface area contributed by atoms with Crippen LogP contribution in [0.3, 0.4) is 0 Å². The second kappa shape index (κ2) is 9.87. The van der Waals surface area contributed by atoms with Gasteiger partial charge in [-0.1, -0.05) is 24.3 Å². The molecule has 1 aliphatic rings. The maximum Gasteiger partial charge on any atom is 0.414 e. The zero-order valence-corrected chi connectivity index (χ0v) is 18.5. The maximum absolute atomic E-state index is 14.9. The monoisotopic (exact) mass is 451 g/mol. The Kier molecular flexibility index (Phi) is 6.74. The van der Waals surface area contributed by atoms with Gasteiger partial charge < -0.3 is 19.8 Å². The highest BCUT2D eigenvalue weighted by atomic mass is 19.1. The number of cyclic esters (lactones) is 1. The summed E-state index contributed by atoms with van der Waals surface area (Å²) in [5.41, 5.74) is 3.78. The first-order chi connectivity index (χ1) is 15.9. The molecule has 0 spiro atoms. The zero-order chi connectivity index (χ0) is 23.4. The van der Waals surface area contributed by atoms with Crippen molar-refractivity contribution >= 4 is 17.7 Å². The van der Waals surface area contributed by atoms with Crippen molar-refractivity contribution in [1.29, 1.82) is 0 Å². The first-order valence-corrected chi connectivity index (χ1v) is 10.8. The van der Waals surface area contributed by atoms with Gasteiger partial charge in [0, 0.05) is 30.6 Å². The lowest BCUT2D eigenvalue weighted by atomic mass is 10.0. The smallest absolute Gasteiger partial charge is 0.414 e. The second-order valence-electron chi connectivity index (χ2n) is 8.07. The molecule has 2 heterocycles. The molecule has 1 fully saturated rings. The number of nitrogens with zero attached hydrogens (tertiary/aromatic N) is 1. The number of ether oxygens (including phenoxy) is 1. The molecule has 1 aliphatic heterocycles. The minimum Gasteiger partial charge on any atom is -0.472 e. The maximum atomic E-state index is 14.9. The van der Waals surface area contributed by atoms with Crippen molar-refractivity contribution in [3.8, 4) is 11.1 Å². The van der Waals surface area contributed by atoms with Gasteiger partial charge in [0.15, 0.2) is 0 Å².